The maximum absolute atomic E-state index is 13.1. The summed E-state index contributed by atoms with van der Waals surface area (Å²) in [5.74, 6) is 0.273. The van der Waals surface area contributed by atoms with E-state index in [9.17, 15) is 13.2 Å². The first-order valence-corrected chi connectivity index (χ1v) is 12.3. The highest BCUT2D eigenvalue weighted by molar-refractivity contribution is 7.93. The van der Waals surface area contributed by atoms with E-state index in [1.54, 1.807) is 6.08 Å². The lowest BCUT2D eigenvalue weighted by atomic mass is 10.1. The van der Waals surface area contributed by atoms with Crippen LogP contribution in [-0.2, 0) is 21.2 Å². The number of carbonyl (C=O) groups excluding carboxylic acids is 1. The Hall–Kier alpha value is -2.60. The number of fused-ring (bicyclic) bond motifs is 1. The molecule has 0 aromatic heterocycles. The van der Waals surface area contributed by atoms with Crippen LogP contribution in [0.4, 0.5) is 5.69 Å². The molecule has 1 aliphatic heterocycles. The third kappa shape index (κ3) is 3.65. The van der Waals surface area contributed by atoms with E-state index in [0.717, 1.165) is 31.2 Å². The summed E-state index contributed by atoms with van der Waals surface area (Å²) in [6.07, 6.45) is 8.35. The Morgan fingerprint density at radius 2 is 1.80 bits per heavy atom. The molecular weight excluding hydrogens is 396 g/mol. The number of carbonyl (C=O) groups is 1. The van der Waals surface area contributed by atoms with E-state index in [1.807, 2.05) is 30.3 Å². The Balaban J connectivity index is 1.32. The Morgan fingerprint density at radius 1 is 1.03 bits per heavy atom. The van der Waals surface area contributed by atoms with Gasteiger partial charge in [0, 0.05) is 18.7 Å². The van der Waals surface area contributed by atoms with Crippen molar-refractivity contribution in [3.05, 3.63) is 71.3 Å². The molecule has 2 aromatic rings. The summed E-state index contributed by atoms with van der Waals surface area (Å²) in [4.78, 5) is 15.2. The van der Waals surface area contributed by atoms with E-state index in [1.165, 1.54) is 15.4 Å². The predicted octanol–water partition coefficient (Wildman–Crippen LogP) is 3.92. The second-order valence-electron chi connectivity index (χ2n) is 8.40. The van der Waals surface area contributed by atoms with Crippen LogP contribution in [0, 0.1) is 0 Å². The Labute approximate surface area is 178 Å². The lowest BCUT2D eigenvalue weighted by Gasteiger charge is -2.29. The second-order valence-corrected chi connectivity index (χ2v) is 10.4. The van der Waals surface area contributed by atoms with Crippen LogP contribution in [0.2, 0.25) is 0 Å². The molecule has 1 amide bonds. The largest absolute Gasteiger partial charge is 0.329 e. The van der Waals surface area contributed by atoms with Crippen LogP contribution < -0.4 is 4.31 Å². The number of anilines is 1. The van der Waals surface area contributed by atoms with Gasteiger partial charge in [-0.25, -0.2) is 8.42 Å². The van der Waals surface area contributed by atoms with Crippen LogP contribution in [0.3, 0.4) is 0 Å². The van der Waals surface area contributed by atoms with Gasteiger partial charge in [0.05, 0.1) is 17.5 Å². The molecular formula is C24H26N2O3S. The fourth-order valence-electron chi connectivity index (χ4n) is 4.70. The van der Waals surface area contributed by atoms with Crippen LogP contribution in [0.1, 0.15) is 48.4 Å². The molecule has 0 radical (unpaired) electrons. The highest BCUT2D eigenvalue weighted by Crippen LogP contribution is 2.42. The minimum atomic E-state index is -3.17. The normalized spacial score (nSPS) is 22.4. The van der Waals surface area contributed by atoms with Crippen molar-refractivity contribution in [2.75, 3.05) is 16.6 Å². The number of aryl methyl sites for hydroxylation is 1. The third-order valence-electron chi connectivity index (χ3n) is 6.33. The molecule has 0 bridgehead atoms. The van der Waals surface area contributed by atoms with E-state index in [2.05, 4.69) is 29.2 Å². The number of amides is 1. The quantitative estimate of drug-likeness (QED) is 0.687. The van der Waals surface area contributed by atoms with Gasteiger partial charge in [-0.05, 0) is 67.0 Å². The lowest BCUT2D eigenvalue weighted by Crippen LogP contribution is -2.34. The standard InChI is InChI=1S/C24H26N2O3S/c27-24(26(21-12-13-21)23-14-9-19-4-1-2-5-22(19)23)15-8-18-6-10-20(11-7-18)25-16-3-17-30(25,28)29/h1-2,4-8,10-11,15,21,23H,3,9,12-14,16-17H2/b15-8+. The number of hydrogen-bond donors (Lipinski definition) is 0. The summed E-state index contributed by atoms with van der Waals surface area (Å²) in [5, 5.41) is 0. The molecule has 1 unspecified atom stereocenters. The van der Waals surface area contributed by atoms with Gasteiger partial charge in [0.1, 0.15) is 0 Å². The van der Waals surface area contributed by atoms with Crippen LogP contribution in [-0.4, -0.2) is 37.6 Å². The highest BCUT2D eigenvalue weighted by atomic mass is 32.2. The molecule has 156 valence electrons. The van der Waals surface area contributed by atoms with Gasteiger partial charge in [-0.15, -0.1) is 0 Å². The fraction of sp³-hybridized carbons (Fsp3) is 0.375. The van der Waals surface area contributed by atoms with Gasteiger partial charge in [-0.3, -0.25) is 9.10 Å². The maximum Gasteiger partial charge on any atom is 0.247 e. The molecule has 0 N–H and O–H groups in total. The lowest BCUT2D eigenvalue weighted by molar-refractivity contribution is -0.129. The molecule has 2 aromatic carbocycles. The minimum absolute atomic E-state index is 0.0606. The topological polar surface area (TPSA) is 57.7 Å². The second kappa shape index (κ2) is 7.58. The molecule has 2 aliphatic carbocycles. The van der Waals surface area contributed by atoms with Crippen LogP contribution in [0.25, 0.3) is 6.08 Å². The molecule has 1 heterocycles. The summed E-state index contributed by atoms with van der Waals surface area (Å²) < 4.78 is 25.6. The molecule has 3 aliphatic rings. The van der Waals surface area contributed by atoms with Crippen molar-refractivity contribution in [3.63, 3.8) is 0 Å². The molecule has 0 spiro atoms. The highest BCUT2D eigenvalue weighted by Gasteiger charge is 2.39. The zero-order valence-electron chi connectivity index (χ0n) is 16.9. The van der Waals surface area contributed by atoms with Gasteiger partial charge in [-0.1, -0.05) is 36.4 Å². The van der Waals surface area contributed by atoms with Crippen LogP contribution >= 0.6 is 0 Å². The van der Waals surface area contributed by atoms with Gasteiger partial charge >= 0.3 is 0 Å². The first kappa shape index (κ1) is 19.4. The molecule has 1 saturated heterocycles. The Bertz CT molecular complexity index is 1090. The predicted molar refractivity (Wildman–Crippen MR) is 119 cm³/mol. The van der Waals surface area contributed by atoms with Crippen molar-refractivity contribution in [1.29, 1.82) is 0 Å². The SMILES string of the molecule is O=C(/C=C/c1ccc(N2CCCS2(=O)=O)cc1)N(C1CC1)C1CCc2ccccc21. The molecule has 5 rings (SSSR count). The van der Waals surface area contributed by atoms with Crippen LogP contribution in [0.15, 0.2) is 54.6 Å². The first-order chi connectivity index (χ1) is 14.5. The van der Waals surface area contributed by atoms with Crippen molar-refractivity contribution < 1.29 is 13.2 Å². The Morgan fingerprint density at radius 3 is 2.50 bits per heavy atom. The fourth-order valence-corrected chi connectivity index (χ4v) is 6.26. The summed E-state index contributed by atoms with van der Waals surface area (Å²) in [6.45, 7) is 0.537. The van der Waals surface area contributed by atoms with Gasteiger partial charge in [0.2, 0.25) is 15.9 Å². The van der Waals surface area contributed by atoms with Crippen molar-refractivity contribution in [2.24, 2.45) is 0 Å². The molecule has 2 fully saturated rings. The summed E-state index contributed by atoms with van der Waals surface area (Å²) in [7, 11) is -3.17. The zero-order chi connectivity index (χ0) is 20.7. The molecule has 1 atom stereocenters. The summed E-state index contributed by atoms with van der Waals surface area (Å²) in [5.41, 5.74) is 4.24. The van der Waals surface area contributed by atoms with Crippen molar-refractivity contribution >= 4 is 27.7 Å². The van der Waals surface area contributed by atoms with E-state index in [4.69, 9.17) is 0 Å². The molecule has 6 heteroatoms. The van der Waals surface area contributed by atoms with Gasteiger partial charge in [0.15, 0.2) is 0 Å². The average Bonchev–Trinajstić information content (AvgIpc) is 3.39. The minimum Gasteiger partial charge on any atom is -0.329 e. The summed E-state index contributed by atoms with van der Waals surface area (Å²) in [6, 6.07) is 16.4. The van der Waals surface area contributed by atoms with Crippen molar-refractivity contribution in [1.82, 2.24) is 4.90 Å². The number of sulfonamides is 1. The first-order valence-electron chi connectivity index (χ1n) is 10.7. The maximum atomic E-state index is 13.1. The Kier molecular flexibility index (Phi) is 4.89. The number of benzene rings is 2. The van der Waals surface area contributed by atoms with E-state index in [-0.39, 0.29) is 17.7 Å². The van der Waals surface area contributed by atoms with Gasteiger partial charge < -0.3 is 4.90 Å². The van der Waals surface area contributed by atoms with Gasteiger partial charge in [-0.2, -0.15) is 0 Å². The van der Waals surface area contributed by atoms with Crippen LogP contribution in [0.5, 0.6) is 0 Å². The van der Waals surface area contributed by atoms with E-state index < -0.39 is 10.0 Å². The summed E-state index contributed by atoms with van der Waals surface area (Å²) >= 11 is 0. The average molecular weight is 423 g/mol. The number of hydrogen-bond acceptors (Lipinski definition) is 3. The third-order valence-corrected chi connectivity index (χ3v) is 8.20. The monoisotopic (exact) mass is 422 g/mol. The molecule has 30 heavy (non-hydrogen) atoms. The number of nitrogens with zero attached hydrogens (tertiary/aromatic N) is 2. The van der Waals surface area contributed by atoms with E-state index >= 15 is 0 Å². The molecule has 1 saturated carbocycles. The van der Waals surface area contributed by atoms with Crippen molar-refractivity contribution in [2.45, 2.75) is 44.2 Å². The number of rotatable bonds is 5. The molecule has 5 nitrogen and oxygen atoms in total. The van der Waals surface area contributed by atoms with E-state index in [0.29, 0.717) is 24.7 Å². The zero-order valence-corrected chi connectivity index (χ0v) is 17.7. The van der Waals surface area contributed by atoms with Crippen molar-refractivity contribution in [3.8, 4) is 0 Å². The van der Waals surface area contributed by atoms with Gasteiger partial charge in [0.25, 0.3) is 0 Å². The smallest absolute Gasteiger partial charge is 0.247 e.